The van der Waals surface area contributed by atoms with Crippen LogP contribution in [0.15, 0.2) is 47.4 Å². The number of fused-ring (bicyclic) bond motifs is 1. The zero-order valence-corrected chi connectivity index (χ0v) is 15.9. The Balaban J connectivity index is 1.64. The minimum absolute atomic E-state index is 0.161. The maximum atomic E-state index is 13.0. The highest BCUT2D eigenvalue weighted by Gasteiger charge is 2.35. The molecule has 4 rings (SSSR count). The Morgan fingerprint density at radius 2 is 1.68 bits per heavy atom. The number of nitrogens with zero attached hydrogens (tertiary/aromatic N) is 2. The van der Waals surface area contributed by atoms with Crippen molar-refractivity contribution in [2.24, 2.45) is 0 Å². The number of anilines is 1. The highest BCUT2D eigenvalue weighted by molar-refractivity contribution is 7.89. The van der Waals surface area contributed by atoms with Gasteiger partial charge in [-0.1, -0.05) is 18.2 Å². The second-order valence-corrected chi connectivity index (χ2v) is 8.89. The number of sulfonamides is 1. The normalized spacial score (nSPS) is 18.3. The van der Waals surface area contributed by atoms with Crippen LogP contribution in [0.3, 0.4) is 0 Å². The third kappa shape index (κ3) is 3.49. The number of nitrogens with one attached hydrogen (secondary N) is 1. The summed E-state index contributed by atoms with van der Waals surface area (Å²) in [4.78, 5) is 1.88. The van der Waals surface area contributed by atoms with Crippen LogP contribution in [0.25, 0.3) is 0 Å². The topological polar surface area (TPSA) is 52.7 Å². The van der Waals surface area contributed by atoms with Gasteiger partial charge in [0.05, 0.1) is 10.5 Å². The highest BCUT2D eigenvalue weighted by Crippen LogP contribution is 2.36. The molecule has 150 valence electrons. The summed E-state index contributed by atoms with van der Waals surface area (Å²) in [5.74, 6) is 0. The van der Waals surface area contributed by atoms with Crippen LogP contribution in [0, 0.1) is 0 Å². The Morgan fingerprint density at radius 3 is 2.39 bits per heavy atom. The van der Waals surface area contributed by atoms with E-state index in [4.69, 9.17) is 0 Å². The average molecular weight is 411 g/mol. The molecule has 0 amide bonds. The van der Waals surface area contributed by atoms with Gasteiger partial charge in [0.1, 0.15) is 0 Å². The predicted octanol–water partition coefficient (Wildman–Crippen LogP) is 2.82. The minimum Gasteiger partial charge on any atom is -0.369 e. The summed E-state index contributed by atoms with van der Waals surface area (Å²) >= 11 is 0. The van der Waals surface area contributed by atoms with Gasteiger partial charge in [0.15, 0.2) is 0 Å². The lowest BCUT2D eigenvalue weighted by Gasteiger charge is -2.31. The van der Waals surface area contributed by atoms with Crippen molar-refractivity contribution in [3.05, 3.63) is 59.2 Å². The molecule has 28 heavy (non-hydrogen) atoms. The molecule has 0 bridgehead atoms. The fraction of sp³-hybridized carbons (Fsp3) is 0.368. The molecule has 0 aromatic heterocycles. The van der Waals surface area contributed by atoms with Crippen LogP contribution in [0.2, 0.25) is 0 Å². The number of hydrogen-bond donors (Lipinski definition) is 1. The standard InChI is InChI=1S/C19H20F3N3O2S/c20-19(21,22)15-4-2-5-16(11-15)28(26,27)25-12-14-3-1-6-18(17(14)13-25)24-9-7-23-8-10-24/h1-6,11,23H,7-10,12-13H2. The SMILES string of the molecule is O=S(=O)(c1cccc(C(F)(F)F)c1)N1Cc2cccc(N3CCNCC3)c2C1. The van der Waals surface area contributed by atoms with Crippen molar-refractivity contribution in [1.29, 1.82) is 0 Å². The molecule has 0 atom stereocenters. The number of halogens is 3. The first-order valence-electron chi connectivity index (χ1n) is 9.01. The molecule has 0 spiro atoms. The fourth-order valence-corrected chi connectivity index (χ4v) is 5.16. The van der Waals surface area contributed by atoms with Gasteiger partial charge < -0.3 is 10.2 Å². The molecule has 1 N–H and O–H groups in total. The predicted molar refractivity (Wildman–Crippen MR) is 99.4 cm³/mol. The molecule has 9 heteroatoms. The molecule has 2 aromatic rings. The molecule has 0 aliphatic carbocycles. The lowest BCUT2D eigenvalue weighted by Crippen LogP contribution is -2.43. The zero-order chi connectivity index (χ0) is 19.9. The molecule has 0 saturated carbocycles. The number of hydrogen-bond acceptors (Lipinski definition) is 4. The van der Waals surface area contributed by atoms with Crippen LogP contribution in [0.4, 0.5) is 18.9 Å². The van der Waals surface area contributed by atoms with Crippen LogP contribution < -0.4 is 10.2 Å². The van der Waals surface area contributed by atoms with Crippen LogP contribution in [0.1, 0.15) is 16.7 Å². The Kier molecular flexibility index (Phi) is 4.84. The summed E-state index contributed by atoms with van der Waals surface area (Å²) < 4.78 is 66.2. The van der Waals surface area contributed by atoms with Gasteiger partial charge in [0.2, 0.25) is 10.0 Å². The molecule has 2 aliphatic heterocycles. The van der Waals surface area contributed by atoms with Crippen molar-refractivity contribution in [1.82, 2.24) is 9.62 Å². The van der Waals surface area contributed by atoms with E-state index in [0.29, 0.717) is 6.07 Å². The molecule has 0 radical (unpaired) electrons. The summed E-state index contributed by atoms with van der Waals surface area (Å²) in [5.41, 5.74) is 1.86. The Labute approximate surface area is 161 Å². The smallest absolute Gasteiger partial charge is 0.369 e. The van der Waals surface area contributed by atoms with Crippen molar-refractivity contribution in [3.8, 4) is 0 Å². The highest BCUT2D eigenvalue weighted by atomic mass is 32.2. The molecule has 1 fully saturated rings. The zero-order valence-electron chi connectivity index (χ0n) is 15.0. The van der Waals surface area contributed by atoms with Gasteiger partial charge in [0, 0.05) is 45.0 Å². The molecular weight excluding hydrogens is 391 g/mol. The maximum absolute atomic E-state index is 13.0. The lowest BCUT2D eigenvalue weighted by molar-refractivity contribution is -0.137. The molecule has 2 aliphatic rings. The first-order valence-corrected chi connectivity index (χ1v) is 10.4. The van der Waals surface area contributed by atoms with Crippen LogP contribution in [-0.4, -0.2) is 38.9 Å². The van der Waals surface area contributed by atoms with Crippen LogP contribution >= 0.6 is 0 Å². The molecule has 1 saturated heterocycles. The second-order valence-electron chi connectivity index (χ2n) is 6.95. The van der Waals surface area contributed by atoms with E-state index in [2.05, 4.69) is 10.2 Å². The van der Waals surface area contributed by atoms with Gasteiger partial charge in [-0.15, -0.1) is 0 Å². The van der Waals surface area contributed by atoms with E-state index in [0.717, 1.165) is 55.1 Å². The van der Waals surface area contributed by atoms with Gasteiger partial charge in [-0.3, -0.25) is 0 Å². The molecule has 0 unspecified atom stereocenters. The number of benzene rings is 2. The van der Waals surface area contributed by atoms with E-state index in [1.165, 1.54) is 10.4 Å². The van der Waals surface area contributed by atoms with E-state index in [1.54, 1.807) is 0 Å². The molecule has 5 nitrogen and oxygen atoms in total. The molecule has 2 heterocycles. The van der Waals surface area contributed by atoms with E-state index in [9.17, 15) is 21.6 Å². The average Bonchev–Trinajstić information content (AvgIpc) is 3.13. The van der Waals surface area contributed by atoms with Crippen molar-refractivity contribution in [2.45, 2.75) is 24.2 Å². The van der Waals surface area contributed by atoms with E-state index in [1.807, 2.05) is 18.2 Å². The number of piperazine rings is 1. The van der Waals surface area contributed by atoms with Crippen molar-refractivity contribution in [2.75, 3.05) is 31.1 Å². The van der Waals surface area contributed by atoms with E-state index >= 15 is 0 Å². The van der Waals surface area contributed by atoms with Gasteiger partial charge in [-0.05, 0) is 35.4 Å². The Bertz CT molecular complexity index is 986. The Morgan fingerprint density at radius 1 is 0.964 bits per heavy atom. The number of rotatable bonds is 3. The van der Waals surface area contributed by atoms with Crippen molar-refractivity contribution >= 4 is 15.7 Å². The lowest BCUT2D eigenvalue weighted by atomic mass is 10.1. The van der Waals surface area contributed by atoms with Crippen molar-refractivity contribution < 1.29 is 21.6 Å². The maximum Gasteiger partial charge on any atom is 0.416 e. The monoisotopic (exact) mass is 411 g/mol. The van der Waals surface area contributed by atoms with Crippen molar-refractivity contribution in [3.63, 3.8) is 0 Å². The van der Waals surface area contributed by atoms with Crippen LogP contribution in [0.5, 0.6) is 0 Å². The van der Waals surface area contributed by atoms with E-state index in [-0.39, 0.29) is 18.0 Å². The molecular formula is C19H20F3N3O2S. The summed E-state index contributed by atoms with van der Waals surface area (Å²) in [6.07, 6.45) is -4.59. The largest absolute Gasteiger partial charge is 0.416 e. The quantitative estimate of drug-likeness (QED) is 0.844. The van der Waals surface area contributed by atoms with E-state index < -0.39 is 21.8 Å². The van der Waals surface area contributed by atoms with Crippen LogP contribution in [-0.2, 0) is 29.3 Å². The van der Waals surface area contributed by atoms with Gasteiger partial charge >= 0.3 is 6.18 Å². The first-order chi connectivity index (χ1) is 13.3. The van der Waals surface area contributed by atoms with Gasteiger partial charge in [-0.2, -0.15) is 17.5 Å². The summed E-state index contributed by atoms with van der Waals surface area (Å²) in [7, 11) is -4.03. The third-order valence-corrected chi connectivity index (χ3v) is 6.97. The third-order valence-electron chi connectivity index (χ3n) is 5.19. The van der Waals surface area contributed by atoms with Gasteiger partial charge in [-0.25, -0.2) is 8.42 Å². The first kappa shape index (κ1) is 19.2. The molecule has 2 aromatic carbocycles. The van der Waals surface area contributed by atoms with Gasteiger partial charge in [0.25, 0.3) is 0 Å². The number of alkyl halides is 3. The Hall–Kier alpha value is -2.10. The fourth-order valence-electron chi connectivity index (χ4n) is 3.73. The minimum atomic E-state index is -4.59. The summed E-state index contributed by atoms with van der Waals surface area (Å²) in [6.45, 7) is 3.70. The summed E-state index contributed by atoms with van der Waals surface area (Å²) in [5, 5.41) is 3.28. The summed E-state index contributed by atoms with van der Waals surface area (Å²) in [6, 6.07) is 9.68. The second kappa shape index (κ2) is 7.06.